The number of fused-ring (bicyclic) bond motifs is 1. The summed E-state index contributed by atoms with van der Waals surface area (Å²) in [6, 6.07) is 0. The molecular formula is C18H28N2O2. The monoisotopic (exact) mass is 304 g/mol. The topological polar surface area (TPSA) is 41.9 Å². The van der Waals surface area contributed by atoms with Crippen molar-refractivity contribution in [3.63, 3.8) is 0 Å². The van der Waals surface area contributed by atoms with Crippen molar-refractivity contribution in [2.75, 3.05) is 0 Å². The van der Waals surface area contributed by atoms with Gasteiger partial charge in [0.15, 0.2) is 0 Å². The summed E-state index contributed by atoms with van der Waals surface area (Å²) >= 11 is 0. The first-order valence-corrected chi connectivity index (χ1v) is 8.57. The van der Waals surface area contributed by atoms with Gasteiger partial charge in [-0.3, -0.25) is 0 Å². The van der Waals surface area contributed by atoms with Crippen LogP contribution in [0.3, 0.4) is 0 Å². The molecule has 0 N–H and O–H groups in total. The van der Waals surface area contributed by atoms with Gasteiger partial charge in [-0.2, -0.15) is 10.1 Å². The van der Waals surface area contributed by atoms with Gasteiger partial charge in [-0.25, -0.2) is 4.79 Å². The third kappa shape index (κ3) is 1.82. The molecule has 1 saturated heterocycles. The number of nitrogens with zero attached hydrogens (tertiary/aromatic N) is 2. The van der Waals surface area contributed by atoms with E-state index >= 15 is 0 Å². The normalized spacial score (nSPS) is 37.2. The van der Waals surface area contributed by atoms with E-state index in [1.165, 1.54) is 6.42 Å². The maximum atomic E-state index is 12.5. The lowest BCUT2D eigenvalue weighted by molar-refractivity contribution is 0.0566. The molecule has 1 spiro atoms. The van der Waals surface area contributed by atoms with Crippen LogP contribution in [0.25, 0.3) is 0 Å². The van der Waals surface area contributed by atoms with Crippen molar-refractivity contribution in [3.8, 4) is 0 Å². The van der Waals surface area contributed by atoms with Crippen molar-refractivity contribution in [1.82, 2.24) is 5.01 Å². The highest BCUT2D eigenvalue weighted by atomic mass is 16.6. The fourth-order valence-electron chi connectivity index (χ4n) is 5.03. The Kier molecular flexibility index (Phi) is 3.61. The Labute approximate surface area is 133 Å². The average molecular weight is 304 g/mol. The summed E-state index contributed by atoms with van der Waals surface area (Å²) in [5.41, 5.74) is 0.912. The SMILES string of the molecule is C=CC[C@@H](C)/C(CC)=N\N1C(=O)O[C@@H]2C[C@H]3CC[C@]21C3(C)C. The van der Waals surface area contributed by atoms with E-state index < -0.39 is 0 Å². The van der Waals surface area contributed by atoms with E-state index in [0.29, 0.717) is 11.8 Å². The maximum Gasteiger partial charge on any atom is 0.431 e. The largest absolute Gasteiger partial charge is 0.442 e. The molecule has 4 nitrogen and oxygen atoms in total. The second-order valence-electron chi connectivity index (χ2n) is 7.67. The van der Waals surface area contributed by atoms with Gasteiger partial charge >= 0.3 is 6.09 Å². The zero-order chi connectivity index (χ0) is 16.1. The van der Waals surface area contributed by atoms with Crippen LogP contribution in [0.2, 0.25) is 0 Å². The molecule has 1 heterocycles. The van der Waals surface area contributed by atoms with Gasteiger partial charge in [0.05, 0.1) is 0 Å². The van der Waals surface area contributed by atoms with Crippen LogP contribution in [0.5, 0.6) is 0 Å². The highest BCUT2D eigenvalue weighted by Crippen LogP contribution is 2.65. The molecule has 1 aliphatic heterocycles. The van der Waals surface area contributed by atoms with Gasteiger partial charge in [0.2, 0.25) is 0 Å². The first-order valence-electron chi connectivity index (χ1n) is 8.57. The van der Waals surface area contributed by atoms with E-state index in [9.17, 15) is 4.79 Å². The molecule has 4 atom stereocenters. The van der Waals surface area contributed by atoms with Gasteiger partial charge in [0.25, 0.3) is 0 Å². The molecule has 4 heteroatoms. The van der Waals surface area contributed by atoms with E-state index in [1.54, 1.807) is 5.01 Å². The summed E-state index contributed by atoms with van der Waals surface area (Å²) < 4.78 is 5.70. The summed E-state index contributed by atoms with van der Waals surface area (Å²) in [7, 11) is 0. The van der Waals surface area contributed by atoms with E-state index in [1.807, 2.05) is 6.08 Å². The molecule has 3 rings (SSSR count). The Morgan fingerprint density at radius 1 is 1.59 bits per heavy atom. The van der Waals surface area contributed by atoms with Crippen LogP contribution in [0.1, 0.15) is 59.8 Å². The van der Waals surface area contributed by atoms with Crippen LogP contribution in [0, 0.1) is 17.3 Å². The number of hydrogen-bond donors (Lipinski definition) is 0. The van der Waals surface area contributed by atoms with Crippen LogP contribution < -0.4 is 0 Å². The van der Waals surface area contributed by atoms with Gasteiger partial charge in [0, 0.05) is 5.71 Å². The maximum absolute atomic E-state index is 12.5. The quantitative estimate of drug-likeness (QED) is 0.559. The number of carbonyl (C=O) groups excluding carboxylic acids is 1. The zero-order valence-corrected chi connectivity index (χ0v) is 14.3. The van der Waals surface area contributed by atoms with Crippen LogP contribution in [0.15, 0.2) is 17.8 Å². The molecule has 122 valence electrons. The molecule has 3 fully saturated rings. The van der Waals surface area contributed by atoms with Crippen LogP contribution in [-0.2, 0) is 4.74 Å². The fraction of sp³-hybridized carbons (Fsp3) is 0.778. The predicted octanol–water partition coefficient (Wildman–Crippen LogP) is 4.36. The Morgan fingerprint density at radius 2 is 2.32 bits per heavy atom. The van der Waals surface area contributed by atoms with Crippen molar-refractivity contribution in [2.45, 2.75) is 71.4 Å². The average Bonchev–Trinajstić information content (AvgIpc) is 2.97. The molecule has 22 heavy (non-hydrogen) atoms. The van der Waals surface area contributed by atoms with Crippen molar-refractivity contribution in [1.29, 1.82) is 0 Å². The molecule has 2 saturated carbocycles. The molecule has 0 unspecified atom stereocenters. The summed E-state index contributed by atoms with van der Waals surface area (Å²) in [6.45, 7) is 12.6. The Balaban J connectivity index is 1.98. The molecular weight excluding hydrogens is 276 g/mol. The number of amides is 1. The summed E-state index contributed by atoms with van der Waals surface area (Å²) in [5.74, 6) is 0.950. The van der Waals surface area contributed by atoms with Gasteiger partial charge < -0.3 is 4.74 Å². The van der Waals surface area contributed by atoms with Crippen LogP contribution >= 0.6 is 0 Å². The Morgan fingerprint density at radius 3 is 2.91 bits per heavy atom. The van der Waals surface area contributed by atoms with Crippen LogP contribution in [0.4, 0.5) is 4.79 Å². The second kappa shape index (κ2) is 5.10. The van der Waals surface area contributed by atoms with Crippen molar-refractivity contribution < 1.29 is 9.53 Å². The Hall–Kier alpha value is -1.32. The van der Waals surface area contributed by atoms with E-state index in [-0.39, 0.29) is 23.2 Å². The summed E-state index contributed by atoms with van der Waals surface area (Å²) in [5, 5.41) is 6.55. The highest BCUT2D eigenvalue weighted by Gasteiger charge is 2.73. The van der Waals surface area contributed by atoms with Crippen molar-refractivity contribution in [2.24, 2.45) is 22.4 Å². The van der Waals surface area contributed by atoms with Crippen molar-refractivity contribution in [3.05, 3.63) is 12.7 Å². The van der Waals surface area contributed by atoms with Gasteiger partial charge in [-0.15, -0.1) is 6.58 Å². The molecule has 0 radical (unpaired) electrons. The lowest BCUT2D eigenvalue weighted by Crippen LogP contribution is -2.53. The second-order valence-corrected chi connectivity index (χ2v) is 7.67. The van der Waals surface area contributed by atoms with Gasteiger partial charge in [-0.1, -0.05) is 33.8 Å². The first-order chi connectivity index (χ1) is 10.4. The number of ether oxygens (including phenoxy) is 1. The first kappa shape index (κ1) is 15.6. The summed E-state index contributed by atoms with van der Waals surface area (Å²) in [4.78, 5) is 12.5. The number of hydrazone groups is 1. The number of allylic oxidation sites excluding steroid dienone is 1. The zero-order valence-electron chi connectivity index (χ0n) is 14.3. The van der Waals surface area contributed by atoms with Gasteiger partial charge in [0.1, 0.15) is 11.6 Å². The molecule has 2 aliphatic carbocycles. The smallest absolute Gasteiger partial charge is 0.431 e. The molecule has 1 amide bonds. The summed E-state index contributed by atoms with van der Waals surface area (Å²) in [6.07, 6.45) is 6.61. The molecule has 0 aromatic heterocycles. The number of carbonyl (C=O) groups is 1. The predicted molar refractivity (Wildman–Crippen MR) is 87.7 cm³/mol. The highest BCUT2D eigenvalue weighted by molar-refractivity contribution is 5.87. The van der Waals surface area contributed by atoms with E-state index in [0.717, 1.165) is 31.4 Å². The molecule has 0 aromatic carbocycles. The lowest BCUT2D eigenvalue weighted by atomic mass is 9.75. The van der Waals surface area contributed by atoms with Gasteiger partial charge in [-0.05, 0) is 49.4 Å². The van der Waals surface area contributed by atoms with E-state index in [2.05, 4.69) is 34.3 Å². The number of rotatable bonds is 5. The minimum atomic E-state index is -0.254. The third-order valence-corrected chi connectivity index (χ3v) is 6.52. The lowest BCUT2D eigenvalue weighted by Gasteiger charge is -2.40. The van der Waals surface area contributed by atoms with Crippen LogP contribution in [-0.4, -0.2) is 28.5 Å². The van der Waals surface area contributed by atoms with Crippen molar-refractivity contribution >= 4 is 11.8 Å². The molecule has 0 aromatic rings. The fourth-order valence-corrected chi connectivity index (χ4v) is 5.03. The Bertz CT molecular complexity index is 525. The minimum absolute atomic E-state index is 0.0188. The minimum Gasteiger partial charge on any atom is -0.442 e. The van der Waals surface area contributed by atoms with E-state index in [4.69, 9.17) is 9.84 Å². The molecule has 2 bridgehead atoms. The third-order valence-electron chi connectivity index (χ3n) is 6.52. The molecule has 3 aliphatic rings. The number of hydrogen-bond acceptors (Lipinski definition) is 3. The standard InChI is InChI=1S/C18H28N2O2/c1-6-8-12(3)14(7-2)19-20-16(21)22-15-11-13-9-10-18(15,20)17(13,4)5/h6,12-13,15H,1,7-11H2,2-5H3/b19-14-/t12-,13-,15-,18-/m1/s1.